The summed E-state index contributed by atoms with van der Waals surface area (Å²) < 4.78 is 0. The zero-order valence-electron chi connectivity index (χ0n) is 22.6. The molecule has 1 atom stereocenters. The van der Waals surface area contributed by atoms with Gasteiger partial charge < -0.3 is 16.0 Å². The van der Waals surface area contributed by atoms with Crippen LogP contribution >= 0.6 is 0 Å². The normalized spacial score (nSPS) is 16.5. The quantitative estimate of drug-likeness (QED) is 0.403. The fraction of sp³-hybridized carbons (Fsp3) is 0.300. The van der Waals surface area contributed by atoms with Gasteiger partial charge in [-0.2, -0.15) is 10.1 Å². The summed E-state index contributed by atoms with van der Waals surface area (Å²) >= 11 is 0. The largest absolute Gasteiger partial charge is 0.350 e. The van der Waals surface area contributed by atoms with E-state index in [0.29, 0.717) is 11.4 Å². The summed E-state index contributed by atoms with van der Waals surface area (Å²) in [6, 6.07) is 22.8. The van der Waals surface area contributed by atoms with Gasteiger partial charge in [-0.3, -0.25) is 9.59 Å². The van der Waals surface area contributed by atoms with Gasteiger partial charge in [0.2, 0.25) is 11.6 Å². The SMILES string of the molecule is CC(=O)NC1(Nc2ccccc2)C(=O)N(c2c(C)cc(C)cc2C)N=C1c1ccccc1.CCNCC. The van der Waals surface area contributed by atoms with Gasteiger partial charge in [0.15, 0.2) is 0 Å². The van der Waals surface area contributed by atoms with Crippen LogP contribution in [0.2, 0.25) is 0 Å². The monoisotopic (exact) mass is 499 g/mol. The molecule has 0 saturated heterocycles. The number of rotatable bonds is 7. The first-order chi connectivity index (χ1) is 17.7. The number of aryl methyl sites for hydroxylation is 3. The Kier molecular flexibility index (Phi) is 9.20. The van der Waals surface area contributed by atoms with Crippen molar-refractivity contribution in [2.75, 3.05) is 23.4 Å². The Morgan fingerprint density at radius 1 is 0.892 bits per heavy atom. The fourth-order valence-electron chi connectivity index (χ4n) is 4.52. The average Bonchev–Trinajstić information content (AvgIpc) is 3.11. The molecule has 7 nitrogen and oxygen atoms in total. The highest BCUT2D eigenvalue weighted by atomic mass is 16.2. The molecule has 3 aromatic rings. The second-order valence-electron chi connectivity index (χ2n) is 9.06. The minimum absolute atomic E-state index is 0.343. The molecule has 0 spiro atoms. The van der Waals surface area contributed by atoms with E-state index in [0.717, 1.165) is 41.0 Å². The third-order valence-corrected chi connectivity index (χ3v) is 5.93. The van der Waals surface area contributed by atoms with Crippen molar-refractivity contribution in [3.63, 3.8) is 0 Å². The van der Waals surface area contributed by atoms with Crippen LogP contribution in [0.4, 0.5) is 11.4 Å². The Morgan fingerprint density at radius 2 is 1.43 bits per heavy atom. The molecule has 1 heterocycles. The molecule has 7 heteroatoms. The van der Waals surface area contributed by atoms with Gasteiger partial charge in [0, 0.05) is 18.2 Å². The Bertz CT molecular complexity index is 1230. The Hall–Kier alpha value is -3.97. The highest BCUT2D eigenvalue weighted by Gasteiger charge is 2.53. The minimum Gasteiger partial charge on any atom is -0.350 e. The summed E-state index contributed by atoms with van der Waals surface area (Å²) in [5.41, 5.74) is 4.00. The van der Waals surface area contributed by atoms with Crippen molar-refractivity contribution in [1.82, 2.24) is 10.6 Å². The number of anilines is 2. The highest BCUT2D eigenvalue weighted by Crippen LogP contribution is 2.35. The van der Waals surface area contributed by atoms with Crippen LogP contribution in [0.1, 0.15) is 43.0 Å². The number of carbonyl (C=O) groups excluding carboxylic acids is 2. The van der Waals surface area contributed by atoms with Crippen molar-refractivity contribution < 1.29 is 9.59 Å². The number of hydrazone groups is 1. The Balaban J connectivity index is 0.000000695. The molecule has 194 valence electrons. The van der Waals surface area contributed by atoms with Crippen molar-refractivity contribution >= 4 is 28.9 Å². The van der Waals surface area contributed by atoms with Crippen molar-refractivity contribution in [1.29, 1.82) is 0 Å². The van der Waals surface area contributed by atoms with Crippen LogP contribution < -0.4 is 21.0 Å². The van der Waals surface area contributed by atoms with E-state index in [1.54, 1.807) is 0 Å². The second kappa shape index (κ2) is 12.3. The molecule has 1 aliphatic rings. The van der Waals surface area contributed by atoms with E-state index in [1.807, 2.05) is 93.6 Å². The zero-order chi connectivity index (χ0) is 27.0. The number of hydrogen-bond donors (Lipinski definition) is 3. The van der Waals surface area contributed by atoms with Gasteiger partial charge in [-0.1, -0.05) is 80.1 Å². The molecule has 0 aromatic heterocycles. The number of amides is 2. The van der Waals surface area contributed by atoms with E-state index in [4.69, 9.17) is 5.10 Å². The number of para-hydroxylation sites is 1. The van der Waals surface area contributed by atoms with Crippen LogP contribution in [0.5, 0.6) is 0 Å². The summed E-state index contributed by atoms with van der Waals surface area (Å²) in [7, 11) is 0. The van der Waals surface area contributed by atoms with Crippen LogP contribution in [-0.4, -0.2) is 36.3 Å². The Morgan fingerprint density at radius 3 is 1.92 bits per heavy atom. The second-order valence-corrected chi connectivity index (χ2v) is 9.06. The molecule has 4 rings (SSSR count). The van der Waals surface area contributed by atoms with E-state index < -0.39 is 5.66 Å². The van der Waals surface area contributed by atoms with E-state index in [9.17, 15) is 9.59 Å². The molecule has 0 saturated carbocycles. The molecule has 0 bridgehead atoms. The predicted octanol–water partition coefficient (Wildman–Crippen LogP) is 4.92. The van der Waals surface area contributed by atoms with Crippen molar-refractivity contribution in [2.24, 2.45) is 5.10 Å². The molecule has 3 aromatic carbocycles. The lowest BCUT2D eigenvalue weighted by Crippen LogP contribution is -2.64. The first-order valence-electron chi connectivity index (χ1n) is 12.6. The van der Waals surface area contributed by atoms with Crippen LogP contribution in [0.3, 0.4) is 0 Å². The highest BCUT2D eigenvalue weighted by molar-refractivity contribution is 6.31. The topological polar surface area (TPSA) is 85.8 Å². The molecular weight excluding hydrogens is 462 g/mol. The number of carbonyl (C=O) groups is 2. The minimum atomic E-state index is -1.56. The van der Waals surface area contributed by atoms with E-state index in [2.05, 4.69) is 29.8 Å². The lowest BCUT2D eigenvalue weighted by molar-refractivity contribution is -0.127. The number of nitrogens with zero attached hydrogens (tertiary/aromatic N) is 2. The van der Waals surface area contributed by atoms with Crippen LogP contribution in [0.15, 0.2) is 77.9 Å². The molecule has 2 amide bonds. The maximum absolute atomic E-state index is 14.1. The zero-order valence-corrected chi connectivity index (χ0v) is 22.6. The van der Waals surface area contributed by atoms with Gasteiger partial charge in [-0.25, -0.2) is 0 Å². The average molecular weight is 500 g/mol. The van der Waals surface area contributed by atoms with Crippen LogP contribution in [0.25, 0.3) is 0 Å². The van der Waals surface area contributed by atoms with Crippen LogP contribution in [0, 0.1) is 20.8 Å². The number of hydrogen-bond acceptors (Lipinski definition) is 5. The molecule has 1 aliphatic heterocycles. The van der Waals surface area contributed by atoms with Crippen molar-refractivity contribution in [3.05, 3.63) is 95.1 Å². The van der Waals surface area contributed by atoms with Gasteiger partial charge in [0.1, 0.15) is 5.71 Å². The molecule has 0 radical (unpaired) electrons. The van der Waals surface area contributed by atoms with Gasteiger partial charge in [-0.05, 0) is 57.1 Å². The summed E-state index contributed by atoms with van der Waals surface area (Å²) in [5.74, 6) is -0.713. The van der Waals surface area contributed by atoms with Crippen LogP contribution in [-0.2, 0) is 9.59 Å². The third kappa shape index (κ3) is 6.24. The van der Waals surface area contributed by atoms with Crippen molar-refractivity contribution in [2.45, 2.75) is 47.2 Å². The van der Waals surface area contributed by atoms with E-state index in [-0.39, 0.29) is 11.8 Å². The smallest absolute Gasteiger partial charge is 0.300 e. The van der Waals surface area contributed by atoms with Gasteiger partial charge in [0.05, 0.1) is 5.69 Å². The summed E-state index contributed by atoms with van der Waals surface area (Å²) in [6.45, 7) is 13.7. The third-order valence-electron chi connectivity index (χ3n) is 5.93. The molecular formula is C30H37N5O2. The van der Waals surface area contributed by atoms with Gasteiger partial charge >= 0.3 is 5.91 Å². The predicted molar refractivity (Wildman–Crippen MR) is 152 cm³/mol. The lowest BCUT2D eigenvalue weighted by Gasteiger charge is -2.32. The van der Waals surface area contributed by atoms with Crippen molar-refractivity contribution in [3.8, 4) is 0 Å². The van der Waals surface area contributed by atoms with E-state index in [1.165, 1.54) is 11.9 Å². The number of benzene rings is 3. The maximum Gasteiger partial charge on any atom is 0.300 e. The van der Waals surface area contributed by atoms with E-state index >= 15 is 0 Å². The molecule has 0 fully saturated rings. The Labute approximate surface area is 220 Å². The molecule has 1 unspecified atom stereocenters. The first kappa shape index (κ1) is 27.6. The summed E-state index contributed by atoms with van der Waals surface area (Å²) in [4.78, 5) is 26.4. The standard InChI is InChI=1S/C26H26N4O2.C4H11N/c1-17-15-18(2)23(19(3)16-17)30-25(32)26(27-20(4)31,28-22-13-9-6-10-14-22)24(29-30)21-11-7-5-8-12-21;1-3-5-4-2/h5-16,28H,1-4H3,(H,27,31);5H,3-4H2,1-2H3. The lowest BCUT2D eigenvalue weighted by atomic mass is 9.95. The van der Waals surface area contributed by atoms with Gasteiger partial charge in [0.25, 0.3) is 0 Å². The fourth-order valence-corrected chi connectivity index (χ4v) is 4.52. The summed E-state index contributed by atoms with van der Waals surface area (Å²) in [5, 5.41) is 15.5. The molecule has 0 aliphatic carbocycles. The summed E-state index contributed by atoms with van der Waals surface area (Å²) in [6.07, 6.45) is 0. The van der Waals surface area contributed by atoms with Gasteiger partial charge in [-0.15, -0.1) is 0 Å². The maximum atomic E-state index is 14.1. The first-order valence-corrected chi connectivity index (χ1v) is 12.6. The number of nitrogens with one attached hydrogen (secondary N) is 3. The molecule has 37 heavy (non-hydrogen) atoms. The molecule has 3 N–H and O–H groups in total.